The Labute approximate surface area is 253 Å². The number of carbonyl (C=O) groups is 2. The molecular formula is C30H38F3N5O6. The highest BCUT2D eigenvalue weighted by molar-refractivity contribution is 5.86. The molecule has 3 fully saturated rings. The second-order valence-corrected chi connectivity index (χ2v) is 12.0. The van der Waals surface area contributed by atoms with Gasteiger partial charge in [-0.15, -0.1) is 0 Å². The normalized spacial score (nSPS) is 27.1. The van der Waals surface area contributed by atoms with Gasteiger partial charge in [-0.2, -0.15) is 13.2 Å². The van der Waals surface area contributed by atoms with E-state index in [2.05, 4.69) is 15.2 Å². The Hall–Kier alpha value is -3.52. The Balaban J connectivity index is 1.19. The molecule has 11 nitrogen and oxygen atoms in total. The summed E-state index contributed by atoms with van der Waals surface area (Å²) in [4.78, 5) is 37.1. The lowest BCUT2D eigenvalue weighted by molar-refractivity contribution is -0.143. The number of pyridine rings is 1. The fourth-order valence-corrected chi connectivity index (χ4v) is 7.13. The van der Waals surface area contributed by atoms with Gasteiger partial charge >= 0.3 is 12.3 Å². The minimum absolute atomic E-state index is 0.0424. The summed E-state index contributed by atoms with van der Waals surface area (Å²) in [6.07, 6.45) is 0.695. The number of nitrogens with one attached hydrogen (secondary N) is 1. The maximum atomic E-state index is 14.4. The van der Waals surface area contributed by atoms with E-state index in [-0.39, 0.29) is 37.6 Å². The summed E-state index contributed by atoms with van der Waals surface area (Å²) < 4.78 is 62.1. The zero-order chi connectivity index (χ0) is 30.9. The van der Waals surface area contributed by atoms with E-state index in [1.54, 1.807) is 29.2 Å². The first-order valence-corrected chi connectivity index (χ1v) is 15.0. The molecule has 240 valence electrons. The molecule has 0 spiro atoms. The first kappa shape index (κ1) is 30.5. The predicted molar refractivity (Wildman–Crippen MR) is 150 cm³/mol. The Kier molecular flexibility index (Phi) is 8.64. The third kappa shape index (κ3) is 6.19. The second kappa shape index (κ2) is 12.5. The van der Waals surface area contributed by atoms with Crippen LogP contribution in [0.15, 0.2) is 36.1 Å². The van der Waals surface area contributed by atoms with Crippen molar-refractivity contribution in [3.05, 3.63) is 52.9 Å². The standard InChI is InChI=1S/C30H38F3N5O6/c1-41-26-18-43-8-3-25(26)35-23-13-22-17-38(28(40)44-11-7-36-5-9-42-10-6-36)19-29(22,14-23)27(39)37-4-2-24-20(16-37)12-21(15-34-24)30(31,32)33/h3,8,12,15,22-23,35H,2,4-7,9-11,13-14,16-19H2,1H3/t22-,23+,29-/m0/s1. The van der Waals surface area contributed by atoms with Crippen molar-refractivity contribution >= 4 is 12.0 Å². The number of halogens is 3. The number of hydrogen-bond donors (Lipinski definition) is 1. The van der Waals surface area contributed by atoms with E-state index in [4.69, 9.17) is 18.9 Å². The molecule has 44 heavy (non-hydrogen) atoms. The smallest absolute Gasteiger partial charge is 0.417 e. The third-order valence-electron chi connectivity index (χ3n) is 9.40. The molecule has 5 heterocycles. The number of alkyl halides is 3. The second-order valence-electron chi connectivity index (χ2n) is 12.0. The molecule has 0 unspecified atom stereocenters. The van der Waals surface area contributed by atoms with E-state index in [1.165, 1.54) is 0 Å². The van der Waals surface area contributed by atoms with Crippen molar-refractivity contribution in [2.45, 2.75) is 38.0 Å². The maximum Gasteiger partial charge on any atom is 0.417 e. The van der Waals surface area contributed by atoms with Gasteiger partial charge in [-0.05, 0) is 36.5 Å². The van der Waals surface area contributed by atoms with E-state index in [1.807, 2.05) is 0 Å². The van der Waals surface area contributed by atoms with Gasteiger partial charge < -0.3 is 34.1 Å². The van der Waals surface area contributed by atoms with Gasteiger partial charge in [0.1, 0.15) is 13.2 Å². The zero-order valence-corrected chi connectivity index (χ0v) is 24.7. The van der Waals surface area contributed by atoms with Crippen LogP contribution in [0.5, 0.6) is 0 Å². The quantitative estimate of drug-likeness (QED) is 0.492. The maximum absolute atomic E-state index is 14.4. The molecule has 2 amide bonds. The fraction of sp³-hybridized carbons (Fsp3) is 0.633. The number of ether oxygens (including phenoxy) is 4. The van der Waals surface area contributed by atoms with Gasteiger partial charge in [0, 0.05) is 70.2 Å². The van der Waals surface area contributed by atoms with Gasteiger partial charge in [0.05, 0.1) is 43.3 Å². The van der Waals surface area contributed by atoms with E-state index < -0.39 is 23.2 Å². The highest BCUT2D eigenvalue weighted by Gasteiger charge is 2.60. The van der Waals surface area contributed by atoms with Crippen LogP contribution >= 0.6 is 0 Å². The molecule has 0 radical (unpaired) electrons. The van der Waals surface area contributed by atoms with Crippen LogP contribution in [0.4, 0.5) is 18.0 Å². The Morgan fingerprint density at radius 3 is 2.80 bits per heavy atom. The SMILES string of the molecule is COC1=C(N[C@@H]2C[C@H]3CN(C(=O)OCCN4CCOCC4)C[C@@]3(C(=O)N3CCc4ncc(C(F)(F)F)cc4C3)C2)C=COC1. The Bertz CT molecular complexity index is 1320. The molecule has 1 aliphatic carbocycles. The molecule has 0 aromatic carbocycles. The zero-order valence-electron chi connectivity index (χ0n) is 24.7. The van der Waals surface area contributed by atoms with E-state index in [0.717, 1.165) is 31.0 Å². The van der Waals surface area contributed by atoms with Crippen LogP contribution in [-0.2, 0) is 42.9 Å². The van der Waals surface area contributed by atoms with Crippen molar-refractivity contribution in [3.63, 3.8) is 0 Å². The number of nitrogens with zero attached hydrogens (tertiary/aromatic N) is 4. The molecule has 1 saturated carbocycles. The van der Waals surface area contributed by atoms with Crippen LogP contribution in [0.1, 0.15) is 29.7 Å². The van der Waals surface area contributed by atoms with Crippen molar-refractivity contribution in [2.75, 3.05) is 72.8 Å². The number of allylic oxidation sites excluding steroid dienone is 1. The number of amides is 2. The summed E-state index contributed by atoms with van der Waals surface area (Å²) >= 11 is 0. The van der Waals surface area contributed by atoms with Crippen molar-refractivity contribution < 1.29 is 41.7 Å². The fourth-order valence-electron chi connectivity index (χ4n) is 7.13. The number of rotatable bonds is 7. The van der Waals surface area contributed by atoms with E-state index in [9.17, 15) is 22.8 Å². The lowest BCUT2D eigenvalue weighted by Gasteiger charge is -2.37. The number of methoxy groups -OCH3 is 1. The van der Waals surface area contributed by atoms with Gasteiger partial charge in [0.25, 0.3) is 0 Å². The highest BCUT2D eigenvalue weighted by Crippen LogP contribution is 2.51. The largest absolute Gasteiger partial charge is 0.495 e. The number of hydrogen-bond acceptors (Lipinski definition) is 9. The van der Waals surface area contributed by atoms with Gasteiger partial charge in [0.15, 0.2) is 5.76 Å². The van der Waals surface area contributed by atoms with Crippen molar-refractivity contribution in [1.29, 1.82) is 0 Å². The lowest BCUT2D eigenvalue weighted by Crippen LogP contribution is -2.49. The van der Waals surface area contributed by atoms with Crippen LogP contribution in [0.3, 0.4) is 0 Å². The molecule has 4 aliphatic heterocycles. The van der Waals surface area contributed by atoms with E-state index >= 15 is 0 Å². The summed E-state index contributed by atoms with van der Waals surface area (Å²) in [5.41, 5.74) is 0.0218. The molecular weight excluding hydrogens is 583 g/mol. The Morgan fingerprint density at radius 1 is 1.20 bits per heavy atom. The summed E-state index contributed by atoms with van der Waals surface area (Å²) in [7, 11) is 1.57. The summed E-state index contributed by atoms with van der Waals surface area (Å²) in [5, 5.41) is 3.52. The van der Waals surface area contributed by atoms with Crippen LogP contribution in [0.25, 0.3) is 0 Å². The lowest BCUT2D eigenvalue weighted by atomic mass is 9.78. The molecule has 14 heteroatoms. The molecule has 1 aromatic heterocycles. The summed E-state index contributed by atoms with van der Waals surface area (Å²) in [5.74, 6) is 0.341. The topological polar surface area (TPSA) is 106 Å². The minimum Gasteiger partial charge on any atom is -0.495 e. The molecule has 1 N–H and O–H groups in total. The average molecular weight is 622 g/mol. The molecule has 3 atom stereocenters. The Morgan fingerprint density at radius 2 is 2.02 bits per heavy atom. The predicted octanol–water partition coefficient (Wildman–Crippen LogP) is 2.53. The third-order valence-corrected chi connectivity index (χ3v) is 9.40. The number of morpholine rings is 1. The molecule has 5 aliphatic rings. The molecule has 2 saturated heterocycles. The molecule has 1 aromatic rings. The van der Waals surface area contributed by atoms with Crippen molar-refractivity contribution in [3.8, 4) is 0 Å². The first-order valence-electron chi connectivity index (χ1n) is 15.0. The monoisotopic (exact) mass is 621 g/mol. The van der Waals surface area contributed by atoms with Crippen molar-refractivity contribution in [2.24, 2.45) is 11.3 Å². The van der Waals surface area contributed by atoms with Crippen LogP contribution in [0.2, 0.25) is 0 Å². The first-order chi connectivity index (χ1) is 21.2. The molecule has 0 bridgehead atoms. The van der Waals surface area contributed by atoms with Gasteiger partial charge in [-0.3, -0.25) is 14.7 Å². The van der Waals surface area contributed by atoms with Crippen molar-refractivity contribution in [1.82, 2.24) is 25.0 Å². The number of likely N-dealkylation sites (tertiary alicyclic amines) is 1. The summed E-state index contributed by atoms with van der Waals surface area (Å²) in [6.45, 7) is 4.96. The van der Waals surface area contributed by atoms with Crippen LogP contribution in [-0.4, -0.2) is 111 Å². The average Bonchev–Trinajstić information content (AvgIpc) is 3.55. The van der Waals surface area contributed by atoms with Gasteiger partial charge in [0.2, 0.25) is 5.91 Å². The minimum atomic E-state index is -4.52. The van der Waals surface area contributed by atoms with Gasteiger partial charge in [-0.1, -0.05) is 0 Å². The summed E-state index contributed by atoms with van der Waals surface area (Å²) in [6, 6.07) is 1.01. The van der Waals surface area contributed by atoms with Crippen LogP contribution < -0.4 is 5.32 Å². The number of aromatic nitrogens is 1. The van der Waals surface area contributed by atoms with Gasteiger partial charge in [-0.25, -0.2) is 4.79 Å². The number of fused-ring (bicyclic) bond motifs is 2. The number of carbonyl (C=O) groups excluding carboxylic acids is 2. The highest BCUT2D eigenvalue weighted by atomic mass is 19.4. The van der Waals surface area contributed by atoms with E-state index in [0.29, 0.717) is 75.7 Å². The van der Waals surface area contributed by atoms with Crippen LogP contribution in [0, 0.1) is 11.3 Å². The molecule has 6 rings (SSSR count).